The van der Waals surface area contributed by atoms with Gasteiger partial charge in [-0.1, -0.05) is 24.3 Å². The number of carbonyl (C=O) groups is 2. The maximum atomic E-state index is 12.7. The van der Waals surface area contributed by atoms with Crippen molar-refractivity contribution in [3.05, 3.63) is 42.0 Å². The van der Waals surface area contributed by atoms with Crippen LogP contribution < -0.4 is 10.1 Å². The van der Waals surface area contributed by atoms with Crippen LogP contribution in [0.3, 0.4) is 0 Å². The van der Waals surface area contributed by atoms with Crippen molar-refractivity contribution in [2.45, 2.75) is 31.2 Å². The fraction of sp³-hybridized carbons (Fsp3) is 0.400. The molecule has 6 nitrogen and oxygen atoms in total. The molecule has 2 aromatic rings. The number of rotatable bonds is 6. The van der Waals surface area contributed by atoms with E-state index in [0.29, 0.717) is 13.0 Å². The van der Waals surface area contributed by atoms with E-state index in [4.69, 9.17) is 14.6 Å². The molecule has 3 rings (SSSR count). The number of methoxy groups -OCH3 is 1. The van der Waals surface area contributed by atoms with Gasteiger partial charge in [0.25, 0.3) is 0 Å². The highest BCUT2D eigenvalue weighted by molar-refractivity contribution is 5.89. The van der Waals surface area contributed by atoms with E-state index in [0.717, 1.165) is 22.1 Å². The average molecular weight is 357 g/mol. The third-order valence-electron chi connectivity index (χ3n) is 4.95. The standard InChI is InChI=1S/C20H23NO5/c1-13(19(24)21-20(11-18(22)23)7-8-26-12-20)14-3-4-16-10-17(25-2)6-5-15(16)9-14/h3-6,9-10,13H,7-8,11-12H2,1-2H3,(H,21,24)(H,22,23). The van der Waals surface area contributed by atoms with Crippen LogP contribution in [0.5, 0.6) is 5.75 Å². The number of ether oxygens (including phenoxy) is 2. The van der Waals surface area contributed by atoms with Crippen molar-refractivity contribution >= 4 is 22.6 Å². The summed E-state index contributed by atoms with van der Waals surface area (Å²) in [7, 11) is 1.63. The smallest absolute Gasteiger partial charge is 0.305 e. The van der Waals surface area contributed by atoms with Crippen LogP contribution in [0.15, 0.2) is 36.4 Å². The average Bonchev–Trinajstić information content (AvgIpc) is 3.07. The minimum absolute atomic E-state index is 0.136. The summed E-state index contributed by atoms with van der Waals surface area (Å²) in [6, 6.07) is 11.6. The van der Waals surface area contributed by atoms with Crippen LogP contribution in [0.1, 0.15) is 31.2 Å². The summed E-state index contributed by atoms with van der Waals surface area (Å²) in [5, 5.41) is 14.1. The minimum atomic E-state index is -0.942. The van der Waals surface area contributed by atoms with Gasteiger partial charge in [0.05, 0.1) is 31.6 Å². The second-order valence-electron chi connectivity index (χ2n) is 6.84. The van der Waals surface area contributed by atoms with Crippen LogP contribution in [0, 0.1) is 0 Å². The molecule has 1 saturated heterocycles. The molecule has 1 aliphatic heterocycles. The maximum Gasteiger partial charge on any atom is 0.305 e. The Morgan fingerprint density at radius 1 is 1.27 bits per heavy atom. The van der Waals surface area contributed by atoms with Gasteiger partial charge in [0.2, 0.25) is 5.91 Å². The summed E-state index contributed by atoms with van der Waals surface area (Å²) in [6.07, 6.45) is 0.373. The number of nitrogens with one attached hydrogen (secondary N) is 1. The molecule has 6 heteroatoms. The largest absolute Gasteiger partial charge is 0.497 e. The zero-order valence-corrected chi connectivity index (χ0v) is 15.0. The summed E-state index contributed by atoms with van der Waals surface area (Å²) in [5.74, 6) is -0.742. The number of benzene rings is 2. The summed E-state index contributed by atoms with van der Waals surface area (Å²) < 4.78 is 10.6. The monoisotopic (exact) mass is 357 g/mol. The Kier molecular flexibility index (Phi) is 5.13. The molecule has 0 aliphatic carbocycles. The third-order valence-corrected chi connectivity index (χ3v) is 4.95. The van der Waals surface area contributed by atoms with E-state index in [2.05, 4.69) is 5.32 Å². The van der Waals surface area contributed by atoms with Gasteiger partial charge in [0, 0.05) is 6.61 Å². The lowest BCUT2D eigenvalue weighted by Gasteiger charge is -2.28. The summed E-state index contributed by atoms with van der Waals surface area (Å²) in [4.78, 5) is 23.9. The Morgan fingerprint density at radius 3 is 2.65 bits per heavy atom. The highest BCUT2D eigenvalue weighted by atomic mass is 16.5. The van der Waals surface area contributed by atoms with Gasteiger partial charge in [-0.25, -0.2) is 0 Å². The Balaban J connectivity index is 1.79. The fourth-order valence-electron chi connectivity index (χ4n) is 3.34. The zero-order chi connectivity index (χ0) is 18.7. The maximum absolute atomic E-state index is 12.7. The molecule has 1 amide bonds. The highest BCUT2D eigenvalue weighted by Gasteiger charge is 2.39. The molecular weight excluding hydrogens is 334 g/mol. The highest BCUT2D eigenvalue weighted by Crippen LogP contribution is 2.27. The second kappa shape index (κ2) is 7.33. The predicted molar refractivity (Wildman–Crippen MR) is 97.5 cm³/mol. The molecule has 2 unspecified atom stereocenters. The Morgan fingerprint density at radius 2 is 2.00 bits per heavy atom. The fourth-order valence-corrected chi connectivity index (χ4v) is 3.34. The van der Waals surface area contributed by atoms with Gasteiger partial charge in [0.1, 0.15) is 5.75 Å². The van der Waals surface area contributed by atoms with Crippen LogP contribution in [-0.2, 0) is 14.3 Å². The van der Waals surface area contributed by atoms with Gasteiger partial charge in [0.15, 0.2) is 0 Å². The zero-order valence-electron chi connectivity index (χ0n) is 15.0. The van der Waals surface area contributed by atoms with E-state index in [-0.39, 0.29) is 18.9 Å². The van der Waals surface area contributed by atoms with Crippen LogP contribution in [0.4, 0.5) is 0 Å². The van der Waals surface area contributed by atoms with Crippen LogP contribution in [0.2, 0.25) is 0 Å². The topological polar surface area (TPSA) is 84.9 Å². The summed E-state index contributed by atoms with van der Waals surface area (Å²) in [6.45, 7) is 2.51. The van der Waals surface area contributed by atoms with E-state index in [1.165, 1.54) is 0 Å². The van der Waals surface area contributed by atoms with Gasteiger partial charge in [-0.3, -0.25) is 9.59 Å². The molecule has 0 saturated carbocycles. The number of hydrogen-bond acceptors (Lipinski definition) is 4. The Bertz CT molecular complexity index is 826. The Hall–Kier alpha value is -2.60. The molecule has 0 spiro atoms. The minimum Gasteiger partial charge on any atom is -0.497 e. The quantitative estimate of drug-likeness (QED) is 0.830. The first-order valence-electron chi connectivity index (χ1n) is 8.62. The SMILES string of the molecule is COc1ccc2cc(C(C)C(=O)NC3(CC(=O)O)CCOC3)ccc2c1. The van der Waals surface area contributed by atoms with Gasteiger partial charge in [-0.2, -0.15) is 0 Å². The van der Waals surface area contributed by atoms with Crippen molar-refractivity contribution in [1.29, 1.82) is 0 Å². The molecule has 2 aromatic carbocycles. The number of carbonyl (C=O) groups excluding carboxylic acids is 1. The van der Waals surface area contributed by atoms with E-state index in [9.17, 15) is 9.59 Å². The molecular formula is C20H23NO5. The summed E-state index contributed by atoms with van der Waals surface area (Å²) in [5.41, 5.74) is 0.0612. The van der Waals surface area contributed by atoms with Crippen LogP contribution >= 0.6 is 0 Å². The van der Waals surface area contributed by atoms with Crippen molar-refractivity contribution in [3.63, 3.8) is 0 Å². The first-order valence-corrected chi connectivity index (χ1v) is 8.62. The molecule has 2 N–H and O–H groups in total. The van der Waals surface area contributed by atoms with Gasteiger partial charge in [-0.05, 0) is 41.8 Å². The molecule has 0 aromatic heterocycles. The normalized spacial score (nSPS) is 20.7. The molecule has 1 aliphatic rings. The van der Waals surface area contributed by atoms with E-state index in [1.807, 2.05) is 43.3 Å². The molecule has 2 atom stereocenters. The first kappa shape index (κ1) is 18.2. The molecule has 1 fully saturated rings. The lowest BCUT2D eigenvalue weighted by Crippen LogP contribution is -2.51. The lowest BCUT2D eigenvalue weighted by atomic mass is 9.91. The van der Waals surface area contributed by atoms with Gasteiger partial charge >= 0.3 is 5.97 Å². The molecule has 138 valence electrons. The Labute approximate surface area is 152 Å². The molecule has 26 heavy (non-hydrogen) atoms. The second-order valence-corrected chi connectivity index (χ2v) is 6.84. The van der Waals surface area contributed by atoms with Crippen molar-refractivity contribution in [3.8, 4) is 5.75 Å². The predicted octanol–water partition coefficient (Wildman–Crippen LogP) is 2.70. The van der Waals surface area contributed by atoms with E-state index in [1.54, 1.807) is 7.11 Å². The number of carboxylic acid groups (broad SMARTS) is 1. The summed E-state index contributed by atoms with van der Waals surface area (Å²) >= 11 is 0. The van der Waals surface area contributed by atoms with Crippen LogP contribution in [-0.4, -0.2) is 42.8 Å². The van der Waals surface area contributed by atoms with Crippen molar-refractivity contribution in [2.75, 3.05) is 20.3 Å². The number of carboxylic acids is 1. The van der Waals surface area contributed by atoms with E-state index >= 15 is 0 Å². The van der Waals surface area contributed by atoms with Gasteiger partial charge < -0.3 is 19.9 Å². The number of hydrogen-bond donors (Lipinski definition) is 2. The third kappa shape index (κ3) is 3.80. The number of aliphatic carboxylic acids is 1. The van der Waals surface area contributed by atoms with Crippen molar-refractivity contribution in [2.24, 2.45) is 0 Å². The van der Waals surface area contributed by atoms with Crippen LogP contribution in [0.25, 0.3) is 10.8 Å². The van der Waals surface area contributed by atoms with Crippen molar-refractivity contribution < 1.29 is 24.2 Å². The lowest BCUT2D eigenvalue weighted by molar-refractivity contribution is -0.139. The van der Waals surface area contributed by atoms with Crippen molar-refractivity contribution in [1.82, 2.24) is 5.32 Å². The van der Waals surface area contributed by atoms with E-state index < -0.39 is 17.4 Å². The number of fused-ring (bicyclic) bond motifs is 1. The molecule has 0 radical (unpaired) electrons. The first-order chi connectivity index (χ1) is 12.4. The molecule has 0 bridgehead atoms. The number of amides is 1. The van der Waals surface area contributed by atoms with Gasteiger partial charge in [-0.15, -0.1) is 0 Å². The molecule has 1 heterocycles.